The molecule has 0 unspecified atom stereocenters. The van der Waals surface area contributed by atoms with Crippen LogP contribution in [0.5, 0.6) is 5.75 Å². The van der Waals surface area contributed by atoms with Gasteiger partial charge in [0.2, 0.25) is 0 Å². The quantitative estimate of drug-likeness (QED) is 0.767. The predicted molar refractivity (Wildman–Crippen MR) is 84.7 cm³/mol. The molecule has 0 spiro atoms. The highest BCUT2D eigenvalue weighted by molar-refractivity contribution is 9.11. The molecule has 0 amide bonds. The molecule has 1 N–H and O–H groups in total. The summed E-state index contributed by atoms with van der Waals surface area (Å²) in [5, 5.41) is 3.43. The lowest BCUT2D eigenvalue weighted by atomic mass is 10.3. The molecular weight excluding hydrogens is 386 g/mol. The summed E-state index contributed by atoms with van der Waals surface area (Å²) in [5.41, 5.74) is 0. The second-order valence-corrected chi connectivity index (χ2v) is 6.66. The fourth-order valence-electron chi connectivity index (χ4n) is 1.87. The van der Waals surface area contributed by atoms with Gasteiger partial charge in [0.1, 0.15) is 23.9 Å². The number of benzene rings is 1. The lowest BCUT2D eigenvalue weighted by Crippen LogP contribution is -2.14. The summed E-state index contributed by atoms with van der Waals surface area (Å²) in [6.45, 7) is 1.23. The van der Waals surface area contributed by atoms with Crippen molar-refractivity contribution in [3.63, 3.8) is 0 Å². The highest BCUT2D eigenvalue weighted by atomic mass is 79.9. The molecular formula is C15H15Br2NO2. The van der Waals surface area contributed by atoms with E-state index in [-0.39, 0.29) is 0 Å². The second kappa shape index (κ2) is 6.33. The highest BCUT2D eigenvalue weighted by Gasteiger charge is 2.20. The molecule has 0 saturated heterocycles. The molecule has 1 aliphatic carbocycles. The smallest absolute Gasteiger partial charge is 0.146 e. The molecule has 1 aromatic carbocycles. The number of furan rings is 1. The van der Waals surface area contributed by atoms with Crippen LogP contribution in [0.15, 0.2) is 43.7 Å². The molecule has 3 rings (SSSR count). The van der Waals surface area contributed by atoms with Crippen LogP contribution in [-0.2, 0) is 13.2 Å². The molecule has 5 heteroatoms. The van der Waals surface area contributed by atoms with E-state index in [0.29, 0.717) is 12.6 Å². The Morgan fingerprint density at radius 3 is 2.70 bits per heavy atom. The van der Waals surface area contributed by atoms with Crippen LogP contribution in [0.25, 0.3) is 0 Å². The summed E-state index contributed by atoms with van der Waals surface area (Å²) >= 11 is 6.90. The molecule has 1 aromatic heterocycles. The monoisotopic (exact) mass is 399 g/mol. The largest absolute Gasteiger partial charge is 0.484 e. The zero-order valence-corrected chi connectivity index (χ0v) is 14.0. The molecule has 0 bridgehead atoms. The van der Waals surface area contributed by atoms with E-state index in [1.807, 2.05) is 30.3 Å². The first-order chi connectivity index (χ1) is 9.70. The Labute approximate surface area is 135 Å². The van der Waals surface area contributed by atoms with Crippen molar-refractivity contribution >= 4 is 31.9 Å². The van der Waals surface area contributed by atoms with Gasteiger partial charge in [0.05, 0.1) is 11.0 Å². The van der Waals surface area contributed by atoms with Gasteiger partial charge in [-0.3, -0.25) is 0 Å². The molecule has 1 aliphatic rings. The van der Waals surface area contributed by atoms with Crippen molar-refractivity contribution in [1.82, 2.24) is 5.32 Å². The minimum atomic E-state index is 0.434. The molecule has 2 aromatic rings. The third-order valence-electron chi connectivity index (χ3n) is 3.12. The SMILES string of the molecule is Brc1ccc(OCc2ccc(CNC3CC3)o2)c(Br)c1. The third-order valence-corrected chi connectivity index (χ3v) is 4.24. The minimum absolute atomic E-state index is 0.434. The van der Waals surface area contributed by atoms with Gasteiger partial charge in [-0.1, -0.05) is 15.9 Å². The van der Waals surface area contributed by atoms with E-state index in [9.17, 15) is 0 Å². The summed E-state index contributed by atoms with van der Waals surface area (Å²) in [4.78, 5) is 0. The molecule has 0 radical (unpaired) electrons. The Morgan fingerprint density at radius 2 is 1.95 bits per heavy atom. The maximum atomic E-state index is 5.75. The molecule has 3 nitrogen and oxygen atoms in total. The van der Waals surface area contributed by atoms with Gasteiger partial charge >= 0.3 is 0 Å². The first kappa shape index (κ1) is 14.2. The Bertz CT molecular complexity index is 593. The van der Waals surface area contributed by atoms with Gasteiger partial charge < -0.3 is 14.5 Å². The van der Waals surface area contributed by atoms with Crippen molar-refractivity contribution in [3.8, 4) is 5.75 Å². The van der Waals surface area contributed by atoms with Crippen LogP contribution in [0, 0.1) is 0 Å². The van der Waals surface area contributed by atoms with Gasteiger partial charge in [-0.2, -0.15) is 0 Å². The summed E-state index contributed by atoms with van der Waals surface area (Å²) in [5.74, 6) is 2.61. The minimum Gasteiger partial charge on any atom is -0.484 e. The molecule has 1 fully saturated rings. The zero-order chi connectivity index (χ0) is 13.9. The molecule has 0 atom stereocenters. The van der Waals surface area contributed by atoms with E-state index < -0.39 is 0 Å². The van der Waals surface area contributed by atoms with Crippen molar-refractivity contribution in [3.05, 3.63) is 50.8 Å². The number of halogens is 2. The van der Waals surface area contributed by atoms with Crippen LogP contribution in [0.1, 0.15) is 24.4 Å². The lowest BCUT2D eigenvalue weighted by Gasteiger charge is -2.06. The van der Waals surface area contributed by atoms with Crippen molar-refractivity contribution in [2.24, 2.45) is 0 Å². The standard InChI is InChI=1S/C15H15Br2NO2/c16-10-1-6-15(14(17)7-10)19-9-13-5-4-12(20-13)8-18-11-2-3-11/h1,4-7,11,18H,2-3,8-9H2. The topological polar surface area (TPSA) is 34.4 Å². The number of hydrogen-bond donors (Lipinski definition) is 1. The molecule has 1 saturated carbocycles. The van der Waals surface area contributed by atoms with Gasteiger partial charge in [0.25, 0.3) is 0 Å². The van der Waals surface area contributed by atoms with Gasteiger partial charge in [0.15, 0.2) is 0 Å². The second-order valence-electron chi connectivity index (χ2n) is 4.89. The predicted octanol–water partition coefficient (Wildman–Crippen LogP) is 4.64. The summed E-state index contributed by atoms with van der Waals surface area (Å²) < 4.78 is 13.4. The van der Waals surface area contributed by atoms with Crippen LogP contribution in [0.4, 0.5) is 0 Å². The first-order valence-corrected chi connectivity index (χ1v) is 8.18. The van der Waals surface area contributed by atoms with Crippen molar-refractivity contribution in [1.29, 1.82) is 0 Å². The van der Waals surface area contributed by atoms with E-state index in [0.717, 1.165) is 32.8 Å². The zero-order valence-electron chi connectivity index (χ0n) is 10.9. The van der Waals surface area contributed by atoms with E-state index in [4.69, 9.17) is 9.15 Å². The lowest BCUT2D eigenvalue weighted by molar-refractivity contribution is 0.263. The van der Waals surface area contributed by atoms with E-state index >= 15 is 0 Å². The van der Waals surface area contributed by atoms with Gasteiger partial charge in [-0.05, 0) is 59.1 Å². The van der Waals surface area contributed by atoms with E-state index in [1.165, 1.54) is 12.8 Å². The number of ether oxygens (including phenoxy) is 1. The average Bonchev–Trinajstić information content (AvgIpc) is 3.14. The Morgan fingerprint density at radius 1 is 1.15 bits per heavy atom. The summed E-state index contributed by atoms with van der Waals surface area (Å²) in [6, 6.07) is 10.5. The molecule has 106 valence electrons. The van der Waals surface area contributed by atoms with Crippen LogP contribution in [0.2, 0.25) is 0 Å². The molecule has 20 heavy (non-hydrogen) atoms. The van der Waals surface area contributed by atoms with Crippen molar-refractivity contribution in [2.45, 2.75) is 32.0 Å². The number of hydrogen-bond acceptors (Lipinski definition) is 3. The Balaban J connectivity index is 1.54. The fraction of sp³-hybridized carbons (Fsp3) is 0.333. The van der Waals surface area contributed by atoms with Crippen molar-refractivity contribution < 1.29 is 9.15 Å². The molecule has 0 aliphatic heterocycles. The third kappa shape index (κ3) is 3.87. The van der Waals surface area contributed by atoms with Gasteiger partial charge in [-0.25, -0.2) is 0 Å². The fourth-order valence-corrected chi connectivity index (χ4v) is 3.03. The van der Waals surface area contributed by atoms with Crippen LogP contribution >= 0.6 is 31.9 Å². The maximum absolute atomic E-state index is 5.75. The Hall–Kier alpha value is -0.780. The average molecular weight is 401 g/mol. The highest BCUT2D eigenvalue weighted by Crippen LogP contribution is 2.29. The first-order valence-electron chi connectivity index (χ1n) is 6.59. The van der Waals surface area contributed by atoms with E-state index in [1.54, 1.807) is 0 Å². The summed E-state index contributed by atoms with van der Waals surface area (Å²) in [6.07, 6.45) is 2.57. The van der Waals surface area contributed by atoms with E-state index in [2.05, 4.69) is 37.2 Å². The van der Waals surface area contributed by atoms with Crippen molar-refractivity contribution in [2.75, 3.05) is 0 Å². The number of rotatable bonds is 6. The summed E-state index contributed by atoms with van der Waals surface area (Å²) in [7, 11) is 0. The van der Waals surface area contributed by atoms with Gasteiger partial charge in [0, 0.05) is 10.5 Å². The number of nitrogens with one attached hydrogen (secondary N) is 1. The van der Waals surface area contributed by atoms with Gasteiger partial charge in [-0.15, -0.1) is 0 Å². The molecule has 1 heterocycles. The van der Waals surface area contributed by atoms with Crippen LogP contribution in [0.3, 0.4) is 0 Å². The maximum Gasteiger partial charge on any atom is 0.146 e. The Kier molecular flexibility index (Phi) is 4.48. The van der Waals surface area contributed by atoms with Crippen LogP contribution < -0.4 is 10.1 Å². The van der Waals surface area contributed by atoms with Crippen LogP contribution in [-0.4, -0.2) is 6.04 Å². The normalized spacial score (nSPS) is 14.5.